The summed E-state index contributed by atoms with van der Waals surface area (Å²) in [6.07, 6.45) is 7.33. The van der Waals surface area contributed by atoms with E-state index < -0.39 is 0 Å². The Balaban J connectivity index is 0.00000225. The molecule has 2 saturated heterocycles. The van der Waals surface area contributed by atoms with E-state index in [1.807, 2.05) is 12.1 Å². The maximum atomic E-state index is 13.0. The molecule has 2 fully saturated rings. The number of hydrogen-bond acceptors (Lipinski definition) is 2. The molecule has 3 nitrogen and oxygen atoms in total. The van der Waals surface area contributed by atoms with Crippen molar-refractivity contribution < 1.29 is 9.18 Å². The lowest BCUT2D eigenvalue weighted by Gasteiger charge is -2.32. The van der Waals surface area contributed by atoms with Crippen LogP contribution in [-0.2, 0) is 11.2 Å². The number of halogens is 2. The predicted molar refractivity (Wildman–Crippen MR) is 101 cm³/mol. The quantitative estimate of drug-likeness (QED) is 0.857. The number of likely N-dealkylation sites (tertiary alicyclic amines) is 1. The van der Waals surface area contributed by atoms with Crippen molar-refractivity contribution in [2.24, 2.45) is 11.8 Å². The number of piperidine rings is 2. The molecule has 0 radical (unpaired) electrons. The third kappa shape index (κ3) is 6.27. The molecule has 2 aliphatic rings. The fourth-order valence-corrected chi connectivity index (χ4v) is 4.00. The van der Waals surface area contributed by atoms with Crippen molar-refractivity contribution in [3.05, 3.63) is 35.6 Å². The summed E-state index contributed by atoms with van der Waals surface area (Å²) < 4.78 is 13.0. The number of carbonyl (C=O) groups excluding carboxylic acids is 1. The predicted octanol–water partition coefficient (Wildman–Crippen LogP) is 3.81. The highest BCUT2D eigenvalue weighted by Crippen LogP contribution is 2.24. The summed E-state index contributed by atoms with van der Waals surface area (Å²) in [5.41, 5.74) is 1.20. The molecule has 0 atom stereocenters. The van der Waals surface area contributed by atoms with E-state index in [0.717, 1.165) is 57.8 Å². The van der Waals surface area contributed by atoms with Gasteiger partial charge in [0.1, 0.15) is 5.82 Å². The molecule has 0 spiro atoms. The summed E-state index contributed by atoms with van der Waals surface area (Å²) >= 11 is 0. The summed E-state index contributed by atoms with van der Waals surface area (Å²) in [5.74, 6) is 1.51. The molecule has 140 valence electrons. The van der Waals surface area contributed by atoms with Crippen LogP contribution in [0.2, 0.25) is 0 Å². The Kier molecular flexibility index (Phi) is 8.17. The van der Waals surface area contributed by atoms with Crippen LogP contribution in [0.25, 0.3) is 0 Å². The molecular formula is C20H30ClFN2O. The summed E-state index contributed by atoms with van der Waals surface area (Å²) in [7, 11) is 0. The van der Waals surface area contributed by atoms with Crippen LogP contribution in [0.15, 0.2) is 24.3 Å². The lowest BCUT2D eigenvalue weighted by atomic mass is 9.89. The molecule has 0 saturated carbocycles. The van der Waals surface area contributed by atoms with E-state index in [1.54, 1.807) is 0 Å². The molecule has 1 aromatic rings. The zero-order chi connectivity index (χ0) is 16.8. The van der Waals surface area contributed by atoms with Crippen LogP contribution in [0.4, 0.5) is 4.39 Å². The van der Waals surface area contributed by atoms with Gasteiger partial charge in [-0.2, -0.15) is 0 Å². The van der Waals surface area contributed by atoms with Gasteiger partial charge in [-0.25, -0.2) is 4.39 Å². The molecule has 0 aromatic heterocycles. The summed E-state index contributed by atoms with van der Waals surface area (Å²) in [4.78, 5) is 14.5. The normalized spacial score (nSPS) is 19.5. The van der Waals surface area contributed by atoms with Gasteiger partial charge in [0, 0.05) is 19.5 Å². The Morgan fingerprint density at radius 1 is 1.04 bits per heavy atom. The van der Waals surface area contributed by atoms with Crippen molar-refractivity contribution in [2.45, 2.75) is 44.9 Å². The number of rotatable bonds is 5. The van der Waals surface area contributed by atoms with Gasteiger partial charge in [0.25, 0.3) is 0 Å². The van der Waals surface area contributed by atoms with E-state index in [9.17, 15) is 9.18 Å². The highest BCUT2D eigenvalue weighted by atomic mass is 35.5. The van der Waals surface area contributed by atoms with Crippen molar-refractivity contribution in [3.8, 4) is 0 Å². The first-order chi connectivity index (χ1) is 11.7. The molecule has 2 heterocycles. The SMILES string of the molecule is Cl.O=C(CCC1CCNCC1)N1CCC(Cc2ccc(F)cc2)CC1. The van der Waals surface area contributed by atoms with Crippen molar-refractivity contribution in [3.63, 3.8) is 0 Å². The van der Waals surface area contributed by atoms with Crippen LogP contribution < -0.4 is 5.32 Å². The largest absolute Gasteiger partial charge is 0.343 e. The Morgan fingerprint density at radius 3 is 2.32 bits per heavy atom. The number of nitrogens with zero attached hydrogens (tertiary/aromatic N) is 1. The third-order valence-electron chi connectivity index (χ3n) is 5.63. The Hall–Kier alpha value is -1.13. The number of nitrogens with one attached hydrogen (secondary N) is 1. The van der Waals surface area contributed by atoms with Gasteiger partial charge in [-0.1, -0.05) is 12.1 Å². The van der Waals surface area contributed by atoms with Crippen molar-refractivity contribution >= 4 is 18.3 Å². The van der Waals surface area contributed by atoms with E-state index in [1.165, 1.54) is 30.5 Å². The molecule has 25 heavy (non-hydrogen) atoms. The van der Waals surface area contributed by atoms with Crippen LogP contribution in [0.5, 0.6) is 0 Å². The van der Waals surface area contributed by atoms with Gasteiger partial charge >= 0.3 is 0 Å². The first-order valence-corrected chi connectivity index (χ1v) is 9.43. The van der Waals surface area contributed by atoms with E-state index in [0.29, 0.717) is 18.2 Å². The second-order valence-electron chi connectivity index (χ2n) is 7.39. The molecule has 5 heteroatoms. The number of hydrogen-bond donors (Lipinski definition) is 1. The van der Waals surface area contributed by atoms with E-state index in [-0.39, 0.29) is 18.2 Å². The van der Waals surface area contributed by atoms with Crippen molar-refractivity contribution in [2.75, 3.05) is 26.2 Å². The molecule has 0 unspecified atom stereocenters. The fourth-order valence-electron chi connectivity index (χ4n) is 4.00. The van der Waals surface area contributed by atoms with Gasteiger partial charge in [0.05, 0.1) is 0 Å². The molecule has 1 amide bonds. The van der Waals surface area contributed by atoms with Gasteiger partial charge in [-0.05, 0) is 81.1 Å². The lowest BCUT2D eigenvalue weighted by Crippen LogP contribution is -2.39. The van der Waals surface area contributed by atoms with E-state index in [2.05, 4.69) is 10.2 Å². The van der Waals surface area contributed by atoms with Gasteiger partial charge in [0.2, 0.25) is 5.91 Å². The molecular weight excluding hydrogens is 339 g/mol. The second kappa shape index (κ2) is 10.1. The van der Waals surface area contributed by atoms with Crippen LogP contribution >= 0.6 is 12.4 Å². The molecule has 0 bridgehead atoms. The summed E-state index contributed by atoms with van der Waals surface area (Å²) in [5, 5.41) is 3.38. The van der Waals surface area contributed by atoms with Crippen molar-refractivity contribution in [1.82, 2.24) is 10.2 Å². The van der Waals surface area contributed by atoms with Gasteiger partial charge < -0.3 is 10.2 Å². The summed E-state index contributed by atoms with van der Waals surface area (Å²) in [6.45, 7) is 3.98. The van der Waals surface area contributed by atoms with Crippen LogP contribution in [-0.4, -0.2) is 37.0 Å². The second-order valence-corrected chi connectivity index (χ2v) is 7.39. The Labute approximate surface area is 156 Å². The van der Waals surface area contributed by atoms with Crippen LogP contribution in [0, 0.1) is 17.7 Å². The minimum absolute atomic E-state index is 0. The maximum absolute atomic E-state index is 13.0. The van der Waals surface area contributed by atoms with E-state index in [4.69, 9.17) is 0 Å². The molecule has 1 N–H and O–H groups in total. The molecule has 2 aliphatic heterocycles. The fraction of sp³-hybridized carbons (Fsp3) is 0.650. The number of carbonyl (C=O) groups is 1. The van der Waals surface area contributed by atoms with Gasteiger partial charge in [-0.15, -0.1) is 12.4 Å². The van der Waals surface area contributed by atoms with Gasteiger partial charge in [0.15, 0.2) is 0 Å². The highest BCUT2D eigenvalue weighted by Gasteiger charge is 2.23. The first kappa shape index (κ1) is 20.2. The Bertz CT molecular complexity index is 523. The molecule has 3 rings (SSSR count). The highest BCUT2D eigenvalue weighted by molar-refractivity contribution is 5.85. The van der Waals surface area contributed by atoms with Crippen LogP contribution in [0.1, 0.15) is 44.1 Å². The van der Waals surface area contributed by atoms with E-state index >= 15 is 0 Å². The zero-order valence-corrected chi connectivity index (χ0v) is 15.7. The monoisotopic (exact) mass is 368 g/mol. The third-order valence-corrected chi connectivity index (χ3v) is 5.63. The smallest absolute Gasteiger partial charge is 0.222 e. The minimum atomic E-state index is -0.173. The lowest BCUT2D eigenvalue weighted by molar-refractivity contribution is -0.132. The van der Waals surface area contributed by atoms with Crippen LogP contribution in [0.3, 0.4) is 0 Å². The minimum Gasteiger partial charge on any atom is -0.343 e. The maximum Gasteiger partial charge on any atom is 0.222 e. The average molecular weight is 369 g/mol. The standard InChI is InChI=1S/C20H29FN2O.ClH/c21-19-4-1-17(2-5-19)15-18-9-13-23(14-10-18)20(24)6-3-16-7-11-22-12-8-16;/h1-2,4-5,16,18,22H,3,6-15H2;1H. The Morgan fingerprint density at radius 2 is 1.68 bits per heavy atom. The topological polar surface area (TPSA) is 32.3 Å². The van der Waals surface area contributed by atoms with Gasteiger partial charge in [-0.3, -0.25) is 4.79 Å². The number of amides is 1. The number of benzene rings is 1. The summed E-state index contributed by atoms with van der Waals surface area (Å²) in [6, 6.07) is 6.83. The first-order valence-electron chi connectivity index (χ1n) is 9.43. The van der Waals surface area contributed by atoms with Crippen molar-refractivity contribution in [1.29, 1.82) is 0 Å². The average Bonchev–Trinajstić information content (AvgIpc) is 2.63. The zero-order valence-electron chi connectivity index (χ0n) is 14.9. The molecule has 0 aliphatic carbocycles. The molecule has 1 aromatic carbocycles.